The second kappa shape index (κ2) is 6.04. The summed E-state index contributed by atoms with van der Waals surface area (Å²) in [4.78, 5) is 17.6. The van der Waals surface area contributed by atoms with E-state index in [9.17, 15) is 0 Å². The number of hydrogen-bond donors (Lipinski definition) is 0. The lowest BCUT2D eigenvalue weighted by atomic mass is 10.3. The molecule has 0 N–H and O–H groups in total. The van der Waals surface area contributed by atoms with Gasteiger partial charge in [0.2, 0.25) is 5.95 Å². The number of likely N-dealkylation sites (N-methyl/N-ethyl adjacent to an activating group) is 1. The molecule has 0 radical (unpaired) electrons. The van der Waals surface area contributed by atoms with Crippen LogP contribution >= 0.6 is 0 Å². The Hall–Kier alpha value is -2.22. The van der Waals surface area contributed by atoms with Crippen LogP contribution < -0.4 is 9.64 Å². The average molecular weight is 289 g/mol. The maximum atomic E-state index is 5.46. The second-order valence-electron chi connectivity index (χ2n) is 4.89. The molecular formula is C13H19N7O. The summed E-state index contributed by atoms with van der Waals surface area (Å²) in [6.45, 7) is 6.20. The molecule has 3 rings (SSSR count). The van der Waals surface area contributed by atoms with Gasteiger partial charge in [-0.15, -0.1) is 0 Å². The number of anilines is 1. The van der Waals surface area contributed by atoms with Gasteiger partial charge in [0.15, 0.2) is 0 Å². The van der Waals surface area contributed by atoms with E-state index in [1.54, 1.807) is 17.1 Å². The van der Waals surface area contributed by atoms with Crippen molar-refractivity contribution < 1.29 is 4.74 Å². The van der Waals surface area contributed by atoms with Gasteiger partial charge in [-0.25, -0.2) is 4.68 Å². The van der Waals surface area contributed by atoms with Crippen molar-refractivity contribution >= 4 is 5.95 Å². The van der Waals surface area contributed by atoms with Crippen LogP contribution in [0.15, 0.2) is 18.5 Å². The second-order valence-corrected chi connectivity index (χ2v) is 4.89. The highest BCUT2D eigenvalue weighted by Gasteiger charge is 2.19. The molecule has 0 aliphatic carbocycles. The first-order valence-electron chi connectivity index (χ1n) is 7.08. The highest BCUT2D eigenvalue weighted by molar-refractivity contribution is 5.34. The van der Waals surface area contributed by atoms with Gasteiger partial charge in [0, 0.05) is 38.6 Å². The molecule has 0 bridgehead atoms. The Bertz CT molecular complexity index is 578. The van der Waals surface area contributed by atoms with Gasteiger partial charge in [-0.1, -0.05) is 0 Å². The highest BCUT2D eigenvalue weighted by Crippen LogP contribution is 2.16. The van der Waals surface area contributed by atoms with Crippen LogP contribution in [-0.2, 0) is 0 Å². The lowest BCUT2D eigenvalue weighted by Crippen LogP contribution is -2.45. The van der Waals surface area contributed by atoms with Gasteiger partial charge in [0.1, 0.15) is 0 Å². The molecule has 0 amide bonds. The van der Waals surface area contributed by atoms with Gasteiger partial charge in [-0.05, 0) is 20.0 Å². The number of aromatic nitrogens is 5. The first-order chi connectivity index (χ1) is 10.3. The fourth-order valence-electron chi connectivity index (χ4n) is 2.17. The maximum Gasteiger partial charge on any atom is 0.323 e. The van der Waals surface area contributed by atoms with Gasteiger partial charge in [-0.2, -0.15) is 20.1 Å². The number of ether oxygens (including phenoxy) is 1. The van der Waals surface area contributed by atoms with Crippen molar-refractivity contribution in [3.63, 3.8) is 0 Å². The van der Waals surface area contributed by atoms with E-state index < -0.39 is 0 Å². The van der Waals surface area contributed by atoms with E-state index in [2.05, 4.69) is 36.9 Å². The summed E-state index contributed by atoms with van der Waals surface area (Å²) in [5.74, 6) is 1.12. The van der Waals surface area contributed by atoms with E-state index in [1.165, 1.54) is 0 Å². The molecule has 0 unspecified atom stereocenters. The molecule has 112 valence electrons. The summed E-state index contributed by atoms with van der Waals surface area (Å²) in [7, 11) is 2.12. The molecule has 2 aromatic heterocycles. The van der Waals surface area contributed by atoms with Crippen molar-refractivity contribution in [1.82, 2.24) is 29.6 Å². The van der Waals surface area contributed by atoms with Crippen LogP contribution in [0, 0.1) is 0 Å². The third-order valence-corrected chi connectivity index (χ3v) is 3.36. The smallest absolute Gasteiger partial charge is 0.323 e. The van der Waals surface area contributed by atoms with Crippen LogP contribution in [0.4, 0.5) is 5.95 Å². The Kier molecular flexibility index (Phi) is 3.96. The van der Waals surface area contributed by atoms with Gasteiger partial charge in [0.05, 0.1) is 6.61 Å². The third-order valence-electron chi connectivity index (χ3n) is 3.36. The minimum Gasteiger partial charge on any atom is -0.464 e. The molecule has 8 heteroatoms. The zero-order chi connectivity index (χ0) is 14.7. The Morgan fingerprint density at radius 3 is 2.52 bits per heavy atom. The molecule has 0 saturated carbocycles. The summed E-state index contributed by atoms with van der Waals surface area (Å²) >= 11 is 0. The Labute approximate surface area is 123 Å². The lowest BCUT2D eigenvalue weighted by molar-refractivity contribution is 0.302. The molecule has 21 heavy (non-hydrogen) atoms. The molecule has 8 nitrogen and oxygen atoms in total. The molecule has 0 spiro atoms. The van der Waals surface area contributed by atoms with Crippen molar-refractivity contribution in [3.8, 4) is 12.0 Å². The van der Waals surface area contributed by atoms with Crippen molar-refractivity contribution in [3.05, 3.63) is 18.5 Å². The lowest BCUT2D eigenvalue weighted by Gasteiger charge is -2.32. The molecule has 1 aliphatic heterocycles. The molecule has 1 aliphatic rings. The van der Waals surface area contributed by atoms with Crippen LogP contribution in [0.25, 0.3) is 5.95 Å². The predicted octanol–water partition coefficient (Wildman–Crippen LogP) is 0.208. The van der Waals surface area contributed by atoms with Crippen LogP contribution in [0.1, 0.15) is 6.92 Å². The quantitative estimate of drug-likeness (QED) is 0.796. The van der Waals surface area contributed by atoms with Crippen LogP contribution in [-0.4, -0.2) is 69.5 Å². The van der Waals surface area contributed by atoms with Crippen LogP contribution in [0.3, 0.4) is 0 Å². The molecule has 3 heterocycles. The van der Waals surface area contributed by atoms with Crippen LogP contribution in [0.5, 0.6) is 6.01 Å². The highest BCUT2D eigenvalue weighted by atomic mass is 16.5. The van der Waals surface area contributed by atoms with E-state index in [4.69, 9.17) is 4.74 Å². The van der Waals surface area contributed by atoms with Gasteiger partial charge >= 0.3 is 6.01 Å². The maximum absolute atomic E-state index is 5.46. The first kappa shape index (κ1) is 13.7. The monoisotopic (exact) mass is 289 g/mol. The fourth-order valence-corrected chi connectivity index (χ4v) is 2.17. The number of nitrogens with zero attached hydrogens (tertiary/aromatic N) is 7. The van der Waals surface area contributed by atoms with Gasteiger partial charge in [0.25, 0.3) is 5.95 Å². The topological polar surface area (TPSA) is 72.2 Å². The van der Waals surface area contributed by atoms with Crippen molar-refractivity contribution in [2.45, 2.75) is 6.92 Å². The normalized spacial score (nSPS) is 16.2. The summed E-state index contributed by atoms with van der Waals surface area (Å²) in [5.41, 5.74) is 0. The van der Waals surface area contributed by atoms with E-state index >= 15 is 0 Å². The summed E-state index contributed by atoms with van der Waals surface area (Å²) < 4.78 is 7.07. The molecule has 0 aromatic carbocycles. The Morgan fingerprint density at radius 2 is 1.86 bits per heavy atom. The van der Waals surface area contributed by atoms with Gasteiger partial charge in [-0.3, -0.25) is 0 Å². The summed E-state index contributed by atoms with van der Waals surface area (Å²) in [6, 6.07) is 2.17. The van der Waals surface area contributed by atoms with E-state index in [1.807, 2.05) is 13.0 Å². The minimum atomic E-state index is 0.340. The molecule has 1 fully saturated rings. The van der Waals surface area contributed by atoms with E-state index in [-0.39, 0.29) is 0 Å². The Balaban J connectivity index is 1.91. The largest absolute Gasteiger partial charge is 0.464 e. The van der Waals surface area contributed by atoms with Crippen LogP contribution in [0.2, 0.25) is 0 Å². The summed E-state index contributed by atoms with van der Waals surface area (Å²) in [6.07, 6.45) is 3.50. The predicted molar refractivity (Wildman–Crippen MR) is 77.8 cm³/mol. The third kappa shape index (κ3) is 3.10. The van der Waals surface area contributed by atoms with Gasteiger partial charge < -0.3 is 14.5 Å². The average Bonchev–Trinajstić information content (AvgIpc) is 3.02. The number of piperazine rings is 1. The summed E-state index contributed by atoms with van der Waals surface area (Å²) in [5, 5.41) is 4.17. The Morgan fingerprint density at radius 1 is 1.10 bits per heavy atom. The fraction of sp³-hybridized carbons (Fsp3) is 0.538. The van der Waals surface area contributed by atoms with Crippen molar-refractivity contribution in [1.29, 1.82) is 0 Å². The number of rotatable bonds is 4. The van der Waals surface area contributed by atoms with Crippen molar-refractivity contribution in [2.24, 2.45) is 0 Å². The zero-order valence-corrected chi connectivity index (χ0v) is 12.3. The standard InChI is InChI=1S/C13H19N7O/c1-3-21-13-16-11(19-9-7-18(2)8-10-19)15-12(17-13)20-6-4-5-14-20/h4-6H,3,7-10H2,1-2H3. The minimum absolute atomic E-state index is 0.340. The van der Waals surface area contributed by atoms with Crippen molar-refractivity contribution in [2.75, 3.05) is 44.7 Å². The molecule has 1 saturated heterocycles. The first-order valence-corrected chi connectivity index (χ1v) is 7.08. The number of hydrogen-bond acceptors (Lipinski definition) is 7. The molecule has 0 atom stereocenters. The molecular weight excluding hydrogens is 270 g/mol. The SMILES string of the molecule is CCOc1nc(N2CCN(C)CC2)nc(-n2cccn2)n1. The molecule has 2 aromatic rings. The van der Waals surface area contributed by atoms with E-state index in [0.717, 1.165) is 26.2 Å². The van der Waals surface area contributed by atoms with E-state index in [0.29, 0.717) is 24.5 Å². The zero-order valence-electron chi connectivity index (χ0n) is 12.3.